The fourth-order valence-electron chi connectivity index (χ4n) is 1.32. The summed E-state index contributed by atoms with van der Waals surface area (Å²) in [6.07, 6.45) is 3.52. The van der Waals surface area contributed by atoms with Gasteiger partial charge in [0.25, 0.3) is 0 Å². The maximum absolute atomic E-state index is 4.23. The van der Waals surface area contributed by atoms with Crippen LogP contribution in [0.2, 0.25) is 0 Å². The van der Waals surface area contributed by atoms with Gasteiger partial charge in [0.05, 0.1) is 10.2 Å². The monoisotopic (exact) mass is 266 g/mol. The summed E-state index contributed by atoms with van der Waals surface area (Å²) in [5, 5.41) is 7.23. The van der Waals surface area contributed by atoms with Crippen LogP contribution in [0.25, 0.3) is 11.3 Å². The molecule has 0 aromatic carbocycles. The normalized spacial score (nSPS) is 10.3. The molecule has 4 nitrogen and oxygen atoms in total. The van der Waals surface area contributed by atoms with E-state index in [0.717, 1.165) is 21.5 Å². The Hall–Kier alpha value is -1.36. The molecule has 2 rings (SSSR count). The summed E-state index contributed by atoms with van der Waals surface area (Å²) < 4.78 is 0.971. The van der Waals surface area contributed by atoms with Gasteiger partial charge in [-0.25, -0.2) is 0 Å². The molecule has 1 N–H and O–H groups in total. The van der Waals surface area contributed by atoms with E-state index in [1.54, 1.807) is 12.4 Å². The second-order valence-electron chi connectivity index (χ2n) is 3.37. The number of hydrogen-bond acceptors (Lipinski definition) is 3. The van der Waals surface area contributed by atoms with E-state index in [0.29, 0.717) is 0 Å². The molecule has 2 heterocycles. The van der Waals surface area contributed by atoms with Crippen LogP contribution in [0.4, 0.5) is 5.82 Å². The van der Waals surface area contributed by atoms with Crippen molar-refractivity contribution in [1.82, 2.24) is 15.2 Å². The van der Waals surface area contributed by atoms with Gasteiger partial charge in [0.2, 0.25) is 0 Å². The molecule has 0 atom stereocenters. The molecule has 0 amide bonds. The van der Waals surface area contributed by atoms with E-state index in [-0.39, 0.29) is 0 Å². The number of pyridine rings is 1. The van der Waals surface area contributed by atoms with Crippen LogP contribution in [0.5, 0.6) is 0 Å². The van der Waals surface area contributed by atoms with Gasteiger partial charge in [-0.1, -0.05) is 0 Å². The van der Waals surface area contributed by atoms with Crippen molar-refractivity contribution < 1.29 is 0 Å². The Balaban J connectivity index is 2.47. The lowest BCUT2D eigenvalue weighted by molar-refractivity contribution is 1.01. The summed E-state index contributed by atoms with van der Waals surface area (Å²) in [6.45, 7) is 0. The van der Waals surface area contributed by atoms with E-state index in [1.165, 1.54) is 0 Å². The van der Waals surface area contributed by atoms with Crippen LogP contribution in [0.3, 0.4) is 0 Å². The maximum atomic E-state index is 4.23. The number of halogens is 1. The molecular formula is C10H11BrN4. The summed E-state index contributed by atoms with van der Waals surface area (Å²) in [6, 6.07) is 3.88. The molecule has 2 aromatic rings. The van der Waals surface area contributed by atoms with E-state index in [2.05, 4.69) is 31.1 Å². The van der Waals surface area contributed by atoms with E-state index < -0.39 is 0 Å². The van der Waals surface area contributed by atoms with Gasteiger partial charge in [-0.2, -0.15) is 5.10 Å². The predicted molar refractivity (Wildman–Crippen MR) is 63.8 cm³/mol. The highest BCUT2D eigenvalue weighted by Crippen LogP contribution is 2.32. The zero-order valence-corrected chi connectivity index (χ0v) is 10.1. The standard InChI is InChI=1S/C10H11BrN4/c1-15(2)10-8(11)9(13-14-10)7-3-5-12-6-4-7/h3-6H,1-2H3,(H,13,14). The summed E-state index contributed by atoms with van der Waals surface area (Å²) in [5.41, 5.74) is 2.04. The molecule has 0 aliphatic heterocycles. The van der Waals surface area contributed by atoms with Crippen molar-refractivity contribution >= 4 is 21.7 Å². The van der Waals surface area contributed by atoms with Crippen molar-refractivity contribution in [3.63, 3.8) is 0 Å². The highest BCUT2D eigenvalue weighted by atomic mass is 79.9. The quantitative estimate of drug-likeness (QED) is 0.908. The maximum Gasteiger partial charge on any atom is 0.164 e. The average Bonchev–Trinajstić information content (AvgIpc) is 2.61. The number of hydrogen-bond donors (Lipinski definition) is 1. The van der Waals surface area contributed by atoms with Crippen LogP contribution < -0.4 is 4.90 Å². The van der Waals surface area contributed by atoms with Gasteiger partial charge in [-0.15, -0.1) is 0 Å². The Morgan fingerprint density at radius 2 is 1.93 bits per heavy atom. The molecule has 0 aliphatic rings. The van der Waals surface area contributed by atoms with E-state index >= 15 is 0 Å². The fourth-order valence-corrected chi connectivity index (χ4v) is 2.09. The summed E-state index contributed by atoms with van der Waals surface area (Å²) in [5.74, 6) is 0.891. The minimum absolute atomic E-state index is 0.891. The first-order valence-electron chi connectivity index (χ1n) is 4.51. The number of rotatable bonds is 2. The average molecular weight is 267 g/mol. The first kappa shape index (κ1) is 10.2. The Bertz CT molecular complexity index is 450. The third-order valence-electron chi connectivity index (χ3n) is 2.08. The molecule has 0 unspecified atom stereocenters. The lowest BCUT2D eigenvalue weighted by atomic mass is 10.2. The summed E-state index contributed by atoms with van der Waals surface area (Å²) >= 11 is 3.53. The first-order chi connectivity index (χ1) is 7.20. The highest BCUT2D eigenvalue weighted by Gasteiger charge is 2.12. The van der Waals surface area contributed by atoms with Gasteiger partial charge in [0, 0.05) is 32.1 Å². The van der Waals surface area contributed by atoms with Crippen molar-refractivity contribution in [2.75, 3.05) is 19.0 Å². The molecule has 0 bridgehead atoms. The fraction of sp³-hybridized carbons (Fsp3) is 0.200. The third kappa shape index (κ3) is 1.87. The number of aromatic amines is 1. The largest absolute Gasteiger partial charge is 0.360 e. The Kier molecular flexibility index (Phi) is 2.73. The highest BCUT2D eigenvalue weighted by molar-refractivity contribution is 9.10. The van der Waals surface area contributed by atoms with Crippen LogP contribution >= 0.6 is 15.9 Å². The van der Waals surface area contributed by atoms with Crippen LogP contribution in [0.1, 0.15) is 0 Å². The molecule has 0 spiro atoms. The van der Waals surface area contributed by atoms with Gasteiger partial charge in [-0.3, -0.25) is 10.1 Å². The number of aromatic nitrogens is 3. The van der Waals surface area contributed by atoms with Gasteiger partial charge in [0.1, 0.15) is 0 Å². The zero-order chi connectivity index (χ0) is 10.8. The number of anilines is 1. The Labute approximate surface area is 96.5 Å². The van der Waals surface area contributed by atoms with Crippen LogP contribution in [0, 0.1) is 0 Å². The molecule has 0 saturated heterocycles. The van der Waals surface area contributed by atoms with Crippen LogP contribution in [0.15, 0.2) is 29.0 Å². The number of H-pyrrole nitrogens is 1. The summed E-state index contributed by atoms with van der Waals surface area (Å²) in [4.78, 5) is 5.93. The van der Waals surface area contributed by atoms with Crippen molar-refractivity contribution in [3.8, 4) is 11.3 Å². The smallest absolute Gasteiger partial charge is 0.164 e. The topological polar surface area (TPSA) is 44.8 Å². The van der Waals surface area contributed by atoms with Crippen molar-refractivity contribution in [3.05, 3.63) is 29.0 Å². The van der Waals surface area contributed by atoms with E-state index in [4.69, 9.17) is 0 Å². The second kappa shape index (κ2) is 4.02. The Morgan fingerprint density at radius 1 is 1.27 bits per heavy atom. The Morgan fingerprint density at radius 3 is 2.47 bits per heavy atom. The molecule has 2 aromatic heterocycles. The van der Waals surface area contributed by atoms with E-state index in [1.807, 2.05) is 31.1 Å². The molecule has 0 fully saturated rings. The van der Waals surface area contributed by atoms with Crippen LogP contribution in [-0.4, -0.2) is 29.3 Å². The van der Waals surface area contributed by atoms with Crippen LogP contribution in [-0.2, 0) is 0 Å². The lowest BCUT2D eigenvalue weighted by Crippen LogP contribution is -2.09. The number of nitrogens with zero attached hydrogens (tertiary/aromatic N) is 3. The number of nitrogens with one attached hydrogen (secondary N) is 1. The molecule has 15 heavy (non-hydrogen) atoms. The van der Waals surface area contributed by atoms with Gasteiger partial charge >= 0.3 is 0 Å². The summed E-state index contributed by atoms with van der Waals surface area (Å²) in [7, 11) is 3.91. The third-order valence-corrected chi connectivity index (χ3v) is 2.83. The zero-order valence-electron chi connectivity index (χ0n) is 8.53. The molecule has 78 valence electrons. The minimum atomic E-state index is 0.891. The first-order valence-corrected chi connectivity index (χ1v) is 5.31. The molecule has 0 aliphatic carbocycles. The minimum Gasteiger partial charge on any atom is -0.360 e. The van der Waals surface area contributed by atoms with E-state index in [9.17, 15) is 0 Å². The SMILES string of the molecule is CN(C)c1n[nH]c(-c2ccncc2)c1Br. The molecule has 5 heteroatoms. The molecule has 0 saturated carbocycles. The van der Waals surface area contributed by atoms with Crippen molar-refractivity contribution in [1.29, 1.82) is 0 Å². The second-order valence-corrected chi connectivity index (χ2v) is 4.16. The molecular weight excluding hydrogens is 256 g/mol. The predicted octanol–water partition coefficient (Wildman–Crippen LogP) is 2.30. The molecule has 0 radical (unpaired) electrons. The lowest BCUT2D eigenvalue weighted by Gasteiger charge is -2.07. The van der Waals surface area contributed by atoms with Crippen molar-refractivity contribution in [2.24, 2.45) is 0 Å². The van der Waals surface area contributed by atoms with Gasteiger partial charge < -0.3 is 4.90 Å². The van der Waals surface area contributed by atoms with Crippen molar-refractivity contribution in [2.45, 2.75) is 0 Å². The van der Waals surface area contributed by atoms with Gasteiger partial charge in [-0.05, 0) is 28.1 Å². The van der Waals surface area contributed by atoms with Gasteiger partial charge in [0.15, 0.2) is 5.82 Å².